The van der Waals surface area contributed by atoms with Gasteiger partial charge >= 0.3 is 11.9 Å². The van der Waals surface area contributed by atoms with Crippen LogP contribution in [0.1, 0.15) is 27.1 Å². The summed E-state index contributed by atoms with van der Waals surface area (Å²) in [5, 5.41) is 0. The molecule has 2 aliphatic carbocycles. The van der Waals surface area contributed by atoms with Crippen LogP contribution in [0.25, 0.3) is 0 Å². The predicted octanol–water partition coefficient (Wildman–Crippen LogP) is 3.00. The second kappa shape index (κ2) is 7.19. The maximum Gasteiger partial charge on any atom is 0.343 e. The van der Waals surface area contributed by atoms with Gasteiger partial charge in [-0.3, -0.25) is 9.59 Å². The molecule has 0 aromatic heterocycles. The standard InChI is InChI=1S/C24H19NO6/c1-30-23(28)13-7-9-18(10-8-13)31-24(29)16-3-2-4-17(12-16)25-21(26)19-14-5-6-15(11-14)20(19)22(25)27/h2-10,12,14-15,19-20H,11H2,1H3/t14-,15+,19-,20+. The smallest absolute Gasteiger partial charge is 0.343 e. The van der Waals surface area contributed by atoms with Crippen molar-refractivity contribution in [2.45, 2.75) is 6.42 Å². The Kier molecular flexibility index (Phi) is 4.46. The number of methoxy groups -OCH3 is 1. The summed E-state index contributed by atoms with van der Waals surface area (Å²) in [7, 11) is 1.29. The van der Waals surface area contributed by atoms with Gasteiger partial charge in [-0.15, -0.1) is 0 Å². The average Bonchev–Trinajstić information content (AvgIpc) is 3.47. The van der Waals surface area contributed by atoms with Gasteiger partial charge in [0.05, 0.1) is 35.8 Å². The van der Waals surface area contributed by atoms with Crippen LogP contribution in [0.5, 0.6) is 5.75 Å². The number of nitrogens with zero attached hydrogens (tertiary/aromatic N) is 1. The molecule has 1 saturated carbocycles. The summed E-state index contributed by atoms with van der Waals surface area (Å²) in [6, 6.07) is 12.3. The highest BCUT2D eigenvalue weighted by Gasteiger charge is 2.59. The van der Waals surface area contributed by atoms with Gasteiger partial charge in [-0.05, 0) is 60.7 Å². The van der Waals surface area contributed by atoms with E-state index in [1.807, 2.05) is 12.2 Å². The van der Waals surface area contributed by atoms with Crippen LogP contribution in [-0.2, 0) is 14.3 Å². The predicted molar refractivity (Wildman–Crippen MR) is 109 cm³/mol. The minimum atomic E-state index is -0.631. The number of allylic oxidation sites excluding steroid dienone is 2. The molecular weight excluding hydrogens is 398 g/mol. The first-order valence-corrected chi connectivity index (χ1v) is 10.0. The SMILES string of the molecule is COC(=O)c1ccc(OC(=O)c2cccc(N3C(=O)[C@@H]4[C@H](C3=O)[C@@H]3C=C[C@H]4C3)c2)cc1. The van der Waals surface area contributed by atoms with Crippen LogP contribution >= 0.6 is 0 Å². The van der Waals surface area contributed by atoms with Crippen molar-refractivity contribution in [3.8, 4) is 5.75 Å². The Balaban J connectivity index is 1.35. The van der Waals surface area contributed by atoms with Crippen molar-refractivity contribution in [2.75, 3.05) is 12.0 Å². The Morgan fingerprint density at radius 3 is 2.13 bits per heavy atom. The van der Waals surface area contributed by atoms with E-state index in [2.05, 4.69) is 4.74 Å². The molecule has 7 nitrogen and oxygen atoms in total. The lowest BCUT2D eigenvalue weighted by molar-refractivity contribution is -0.123. The zero-order chi connectivity index (χ0) is 21.7. The summed E-state index contributed by atoms with van der Waals surface area (Å²) in [6.45, 7) is 0. The van der Waals surface area contributed by atoms with Crippen molar-refractivity contribution in [1.82, 2.24) is 0 Å². The summed E-state index contributed by atoms with van der Waals surface area (Å²) < 4.78 is 10.0. The van der Waals surface area contributed by atoms with E-state index in [4.69, 9.17) is 4.74 Å². The number of rotatable bonds is 4. The van der Waals surface area contributed by atoms with Crippen molar-refractivity contribution in [3.63, 3.8) is 0 Å². The van der Waals surface area contributed by atoms with Crippen LogP contribution in [0, 0.1) is 23.7 Å². The third kappa shape index (κ3) is 3.04. The average molecular weight is 417 g/mol. The van der Waals surface area contributed by atoms with Crippen molar-refractivity contribution in [3.05, 3.63) is 71.8 Å². The van der Waals surface area contributed by atoms with E-state index in [9.17, 15) is 19.2 Å². The van der Waals surface area contributed by atoms with Crippen LogP contribution in [0.4, 0.5) is 5.69 Å². The molecule has 2 aromatic carbocycles. The number of ether oxygens (including phenoxy) is 2. The fraction of sp³-hybridized carbons (Fsp3) is 0.250. The number of hydrogen-bond acceptors (Lipinski definition) is 6. The number of carbonyl (C=O) groups is 4. The van der Waals surface area contributed by atoms with E-state index in [0.29, 0.717) is 11.3 Å². The molecule has 156 valence electrons. The number of hydrogen-bond donors (Lipinski definition) is 0. The highest BCUT2D eigenvalue weighted by atomic mass is 16.5. The summed E-state index contributed by atoms with van der Waals surface area (Å²) >= 11 is 0. The monoisotopic (exact) mass is 417 g/mol. The Hall–Kier alpha value is -3.74. The third-order valence-electron chi connectivity index (χ3n) is 6.30. The van der Waals surface area contributed by atoms with Gasteiger partial charge in [-0.1, -0.05) is 18.2 Å². The summed E-state index contributed by atoms with van der Waals surface area (Å²) in [6.07, 6.45) is 4.95. The second-order valence-electron chi connectivity index (χ2n) is 7.97. The van der Waals surface area contributed by atoms with Gasteiger partial charge in [-0.2, -0.15) is 0 Å². The van der Waals surface area contributed by atoms with E-state index in [-0.39, 0.29) is 46.8 Å². The Bertz CT molecular complexity index is 1110. The molecule has 3 aliphatic rings. The first kappa shape index (κ1) is 19.2. The van der Waals surface area contributed by atoms with Gasteiger partial charge in [0.15, 0.2) is 0 Å². The lowest BCUT2D eigenvalue weighted by Gasteiger charge is -2.18. The summed E-state index contributed by atoms with van der Waals surface area (Å²) in [5.41, 5.74) is 0.928. The number of esters is 2. The summed E-state index contributed by atoms with van der Waals surface area (Å²) in [5.74, 6) is -1.61. The molecule has 31 heavy (non-hydrogen) atoms. The fourth-order valence-electron chi connectivity index (χ4n) is 4.87. The third-order valence-corrected chi connectivity index (χ3v) is 6.30. The van der Waals surface area contributed by atoms with Crippen molar-refractivity contribution in [2.24, 2.45) is 23.7 Å². The van der Waals surface area contributed by atoms with Gasteiger partial charge in [0.25, 0.3) is 0 Å². The van der Waals surface area contributed by atoms with Crippen molar-refractivity contribution in [1.29, 1.82) is 0 Å². The number of benzene rings is 2. The highest BCUT2D eigenvalue weighted by Crippen LogP contribution is 2.53. The van der Waals surface area contributed by atoms with Crippen LogP contribution in [0.2, 0.25) is 0 Å². The van der Waals surface area contributed by atoms with E-state index < -0.39 is 11.9 Å². The van der Waals surface area contributed by atoms with E-state index >= 15 is 0 Å². The van der Waals surface area contributed by atoms with Crippen LogP contribution < -0.4 is 9.64 Å². The van der Waals surface area contributed by atoms with E-state index in [1.54, 1.807) is 18.2 Å². The van der Waals surface area contributed by atoms with Gasteiger partial charge < -0.3 is 9.47 Å². The fourth-order valence-corrected chi connectivity index (χ4v) is 4.87. The minimum absolute atomic E-state index is 0.123. The highest BCUT2D eigenvalue weighted by molar-refractivity contribution is 6.23. The molecule has 2 amide bonds. The molecular formula is C24H19NO6. The Morgan fingerprint density at radius 1 is 0.871 bits per heavy atom. The van der Waals surface area contributed by atoms with Crippen LogP contribution in [0.3, 0.4) is 0 Å². The number of anilines is 1. The number of carbonyl (C=O) groups excluding carboxylic acids is 4. The molecule has 0 unspecified atom stereocenters. The quantitative estimate of drug-likeness (QED) is 0.329. The van der Waals surface area contributed by atoms with E-state index in [0.717, 1.165) is 6.42 Å². The Labute approximate surface area is 178 Å². The molecule has 1 saturated heterocycles. The maximum atomic E-state index is 13.0. The van der Waals surface area contributed by atoms with E-state index in [1.165, 1.54) is 42.3 Å². The first-order chi connectivity index (χ1) is 15.0. The molecule has 2 fully saturated rings. The molecule has 2 bridgehead atoms. The molecule has 0 radical (unpaired) electrons. The first-order valence-electron chi connectivity index (χ1n) is 10.0. The lowest BCUT2D eigenvalue weighted by Crippen LogP contribution is -2.33. The molecule has 0 N–H and O–H groups in total. The van der Waals surface area contributed by atoms with Crippen molar-refractivity contribution >= 4 is 29.4 Å². The van der Waals surface area contributed by atoms with Crippen LogP contribution in [0.15, 0.2) is 60.7 Å². The minimum Gasteiger partial charge on any atom is -0.465 e. The molecule has 1 aliphatic heterocycles. The molecule has 4 atom stereocenters. The molecule has 2 aromatic rings. The van der Waals surface area contributed by atoms with Gasteiger partial charge in [-0.25, -0.2) is 14.5 Å². The number of amides is 2. The molecule has 0 spiro atoms. The van der Waals surface area contributed by atoms with Crippen molar-refractivity contribution < 1.29 is 28.7 Å². The molecule has 7 heteroatoms. The Morgan fingerprint density at radius 2 is 1.52 bits per heavy atom. The lowest BCUT2D eigenvalue weighted by atomic mass is 9.85. The topological polar surface area (TPSA) is 90.0 Å². The van der Waals surface area contributed by atoms with Crippen LogP contribution in [-0.4, -0.2) is 30.9 Å². The maximum absolute atomic E-state index is 13.0. The number of imide groups is 1. The second-order valence-corrected chi connectivity index (χ2v) is 7.97. The largest absolute Gasteiger partial charge is 0.465 e. The zero-order valence-electron chi connectivity index (χ0n) is 16.7. The molecule has 5 rings (SSSR count). The van der Waals surface area contributed by atoms with Gasteiger partial charge in [0, 0.05) is 0 Å². The normalized spacial score (nSPS) is 25.6. The number of fused-ring (bicyclic) bond motifs is 5. The van der Waals surface area contributed by atoms with Gasteiger partial charge in [0.1, 0.15) is 5.75 Å². The molecule has 1 heterocycles. The summed E-state index contributed by atoms with van der Waals surface area (Å²) in [4.78, 5) is 51.3. The van der Waals surface area contributed by atoms with Gasteiger partial charge in [0.2, 0.25) is 11.8 Å². The zero-order valence-corrected chi connectivity index (χ0v) is 16.7.